The van der Waals surface area contributed by atoms with Gasteiger partial charge < -0.3 is 10.0 Å². The molecule has 0 aromatic rings. The second-order valence-electron chi connectivity index (χ2n) is 6.21. The van der Waals surface area contributed by atoms with Crippen LogP contribution in [0.15, 0.2) is 0 Å². The smallest absolute Gasteiger partial charge is 0.305 e. The van der Waals surface area contributed by atoms with Gasteiger partial charge in [0.2, 0.25) is 5.91 Å². The van der Waals surface area contributed by atoms with Crippen LogP contribution < -0.4 is 0 Å². The van der Waals surface area contributed by atoms with Gasteiger partial charge in [-0.05, 0) is 39.5 Å². The first-order chi connectivity index (χ1) is 8.30. The zero-order valence-corrected chi connectivity index (χ0v) is 11.7. The molecule has 1 saturated carbocycles. The first kappa shape index (κ1) is 15.0. The summed E-state index contributed by atoms with van der Waals surface area (Å²) in [4.78, 5) is 24.7. The van der Waals surface area contributed by atoms with Gasteiger partial charge in [-0.25, -0.2) is 0 Å². The van der Waals surface area contributed by atoms with Crippen LogP contribution in [-0.2, 0) is 9.59 Å². The average Bonchev–Trinajstić information content (AvgIpc) is 2.67. The van der Waals surface area contributed by atoms with Crippen molar-refractivity contribution >= 4 is 11.9 Å². The van der Waals surface area contributed by atoms with E-state index in [1.54, 1.807) is 4.90 Å². The van der Waals surface area contributed by atoms with Gasteiger partial charge in [-0.15, -0.1) is 0 Å². The maximum atomic E-state index is 12.3. The normalized spacial score (nSPS) is 16.8. The van der Waals surface area contributed by atoms with E-state index in [1.165, 1.54) is 12.8 Å². The molecule has 0 radical (unpaired) electrons. The van der Waals surface area contributed by atoms with Gasteiger partial charge in [0.1, 0.15) is 0 Å². The van der Waals surface area contributed by atoms with Crippen molar-refractivity contribution in [1.82, 2.24) is 4.90 Å². The summed E-state index contributed by atoms with van der Waals surface area (Å²) in [5.74, 6) is -0.235. The van der Waals surface area contributed by atoms with E-state index in [1.807, 2.05) is 20.8 Å². The minimum atomic E-state index is -0.849. The Morgan fingerprint density at radius 1 is 1.22 bits per heavy atom. The van der Waals surface area contributed by atoms with Gasteiger partial charge in [-0.3, -0.25) is 9.59 Å². The number of carboxylic acid groups (broad SMARTS) is 1. The number of carbonyl (C=O) groups excluding carboxylic acids is 1. The summed E-state index contributed by atoms with van der Waals surface area (Å²) in [5, 5.41) is 8.76. The summed E-state index contributed by atoms with van der Waals surface area (Å²) in [7, 11) is 0. The van der Waals surface area contributed by atoms with Crippen LogP contribution in [0.5, 0.6) is 0 Å². The highest BCUT2D eigenvalue weighted by Crippen LogP contribution is 2.29. The molecular weight excluding hydrogens is 230 g/mol. The largest absolute Gasteiger partial charge is 0.481 e. The molecule has 0 unspecified atom stereocenters. The third kappa shape index (κ3) is 4.67. The van der Waals surface area contributed by atoms with Gasteiger partial charge in [0.15, 0.2) is 0 Å². The summed E-state index contributed by atoms with van der Waals surface area (Å²) in [6.07, 6.45) is 5.33. The van der Waals surface area contributed by atoms with Crippen LogP contribution >= 0.6 is 0 Å². The van der Waals surface area contributed by atoms with Crippen LogP contribution in [0, 0.1) is 5.92 Å². The number of carboxylic acids is 1. The summed E-state index contributed by atoms with van der Waals surface area (Å²) in [6, 6.07) is 0. The molecule has 18 heavy (non-hydrogen) atoms. The summed E-state index contributed by atoms with van der Waals surface area (Å²) >= 11 is 0. The van der Waals surface area contributed by atoms with Crippen molar-refractivity contribution in [3.8, 4) is 0 Å². The molecule has 104 valence electrons. The minimum absolute atomic E-state index is 0.0215. The Morgan fingerprint density at radius 2 is 1.78 bits per heavy atom. The highest BCUT2D eigenvalue weighted by atomic mass is 16.4. The molecule has 0 atom stereocenters. The van der Waals surface area contributed by atoms with E-state index in [4.69, 9.17) is 5.11 Å². The van der Waals surface area contributed by atoms with Gasteiger partial charge in [0.05, 0.1) is 6.42 Å². The second-order valence-corrected chi connectivity index (χ2v) is 6.21. The summed E-state index contributed by atoms with van der Waals surface area (Å²) < 4.78 is 0. The fourth-order valence-corrected chi connectivity index (χ4v) is 2.61. The van der Waals surface area contributed by atoms with Crippen molar-refractivity contribution in [2.75, 3.05) is 6.54 Å². The van der Waals surface area contributed by atoms with Crippen LogP contribution in [-0.4, -0.2) is 34.0 Å². The number of carbonyl (C=O) groups is 2. The van der Waals surface area contributed by atoms with Crippen molar-refractivity contribution in [1.29, 1.82) is 0 Å². The Balaban J connectivity index is 2.57. The lowest BCUT2D eigenvalue weighted by atomic mass is 9.99. The van der Waals surface area contributed by atoms with Crippen LogP contribution in [0.1, 0.15) is 59.3 Å². The van der Waals surface area contributed by atoms with Crippen LogP contribution in [0.25, 0.3) is 0 Å². The number of amides is 1. The molecule has 0 bridgehead atoms. The molecule has 0 aromatic heterocycles. The van der Waals surface area contributed by atoms with Gasteiger partial charge in [0.25, 0.3) is 0 Å². The standard InChI is InChI=1S/C14H25NO3/c1-14(2,3)15(9-8-13(17)18)12(16)10-11-6-4-5-7-11/h11H,4-10H2,1-3H3,(H,17,18). The van der Waals surface area contributed by atoms with Crippen LogP contribution in [0.4, 0.5) is 0 Å². The van der Waals surface area contributed by atoms with E-state index in [9.17, 15) is 9.59 Å². The lowest BCUT2D eigenvalue weighted by Gasteiger charge is -2.36. The Hall–Kier alpha value is -1.06. The van der Waals surface area contributed by atoms with E-state index >= 15 is 0 Å². The molecule has 0 spiro atoms. The lowest BCUT2D eigenvalue weighted by Crippen LogP contribution is -2.47. The molecule has 4 nitrogen and oxygen atoms in total. The van der Waals surface area contributed by atoms with E-state index in [2.05, 4.69) is 0 Å². The molecule has 1 fully saturated rings. The average molecular weight is 255 g/mol. The Morgan fingerprint density at radius 3 is 2.22 bits per heavy atom. The quantitative estimate of drug-likeness (QED) is 0.821. The Bertz CT molecular complexity index is 301. The Kier molecular flexibility index (Phi) is 5.17. The second kappa shape index (κ2) is 6.21. The van der Waals surface area contributed by atoms with Crippen LogP contribution in [0.3, 0.4) is 0 Å². The lowest BCUT2D eigenvalue weighted by molar-refractivity contribution is -0.141. The molecule has 0 saturated heterocycles. The SMILES string of the molecule is CC(C)(C)N(CCC(=O)O)C(=O)CC1CCCC1. The van der Waals surface area contributed by atoms with E-state index < -0.39 is 5.97 Å². The zero-order chi connectivity index (χ0) is 13.8. The van der Waals surface area contributed by atoms with Crippen molar-refractivity contribution in [3.05, 3.63) is 0 Å². The molecule has 1 N–H and O–H groups in total. The zero-order valence-electron chi connectivity index (χ0n) is 11.7. The number of aliphatic carboxylic acids is 1. The molecule has 4 heteroatoms. The molecule has 1 rings (SSSR count). The molecular formula is C14H25NO3. The predicted molar refractivity (Wildman–Crippen MR) is 70.3 cm³/mol. The first-order valence-corrected chi connectivity index (χ1v) is 6.83. The number of hydrogen-bond donors (Lipinski definition) is 1. The molecule has 0 aromatic carbocycles. The Labute approximate surface area is 109 Å². The summed E-state index contributed by atoms with van der Waals surface area (Å²) in [6.45, 7) is 6.19. The first-order valence-electron chi connectivity index (χ1n) is 6.83. The molecule has 1 amide bonds. The van der Waals surface area contributed by atoms with Crippen molar-refractivity contribution in [2.24, 2.45) is 5.92 Å². The van der Waals surface area contributed by atoms with Crippen molar-refractivity contribution in [3.63, 3.8) is 0 Å². The van der Waals surface area contributed by atoms with Crippen LogP contribution in [0.2, 0.25) is 0 Å². The van der Waals surface area contributed by atoms with Gasteiger partial charge in [0, 0.05) is 18.5 Å². The van der Waals surface area contributed by atoms with E-state index in [0.29, 0.717) is 18.9 Å². The minimum Gasteiger partial charge on any atom is -0.481 e. The molecule has 0 aliphatic heterocycles. The van der Waals surface area contributed by atoms with Gasteiger partial charge >= 0.3 is 5.97 Å². The van der Waals surface area contributed by atoms with Gasteiger partial charge in [-0.2, -0.15) is 0 Å². The van der Waals surface area contributed by atoms with E-state index in [0.717, 1.165) is 12.8 Å². The summed E-state index contributed by atoms with van der Waals surface area (Å²) in [5.41, 5.74) is -0.300. The third-order valence-electron chi connectivity index (χ3n) is 3.60. The van der Waals surface area contributed by atoms with Crippen molar-refractivity contribution < 1.29 is 14.7 Å². The maximum Gasteiger partial charge on any atom is 0.305 e. The number of nitrogens with zero attached hydrogens (tertiary/aromatic N) is 1. The third-order valence-corrected chi connectivity index (χ3v) is 3.60. The van der Waals surface area contributed by atoms with Gasteiger partial charge in [-0.1, -0.05) is 12.8 Å². The highest BCUT2D eigenvalue weighted by Gasteiger charge is 2.29. The monoisotopic (exact) mass is 255 g/mol. The predicted octanol–water partition coefficient (Wildman–Crippen LogP) is 2.67. The topological polar surface area (TPSA) is 57.6 Å². The maximum absolute atomic E-state index is 12.3. The van der Waals surface area contributed by atoms with E-state index in [-0.39, 0.29) is 17.9 Å². The molecule has 1 aliphatic rings. The number of rotatable bonds is 5. The molecule has 0 heterocycles. The van der Waals surface area contributed by atoms with Crippen molar-refractivity contribution in [2.45, 2.75) is 64.8 Å². The number of hydrogen-bond acceptors (Lipinski definition) is 2. The fraction of sp³-hybridized carbons (Fsp3) is 0.857. The molecule has 1 aliphatic carbocycles. The highest BCUT2D eigenvalue weighted by molar-refractivity contribution is 5.78. The fourth-order valence-electron chi connectivity index (χ4n) is 2.61.